The first-order chi connectivity index (χ1) is 7.70. The number of hydrogen-bond acceptors (Lipinski definition) is 4. The fraction of sp³-hybridized carbons (Fsp3) is 1.00. The molecule has 0 amide bonds. The van der Waals surface area contributed by atoms with E-state index in [1.165, 1.54) is 46.3 Å². The quantitative estimate of drug-likeness (QED) is 0.529. The van der Waals surface area contributed by atoms with Crippen molar-refractivity contribution in [1.82, 2.24) is 5.32 Å². The van der Waals surface area contributed by atoms with Crippen molar-refractivity contribution in [2.75, 3.05) is 20.8 Å². The van der Waals surface area contributed by atoms with Crippen LogP contribution in [0.2, 0.25) is 6.04 Å². The van der Waals surface area contributed by atoms with E-state index in [-0.39, 0.29) is 0 Å². The molecule has 0 spiro atoms. The van der Waals surface area contributed by atoms with Gasteiger partial charge in [-0.15, -0.1) is 0 Å². The molecule has 5 heteroatoms. The molecule has 0 radical (unpaired) electrons. The fourth-order valence-electron chi connectivity index (χ4n) is 2.21. The van der Waals surface area contributed by atoms with Crippen LogP contribution in [0.25, 0.3) is 0 Å². The molecule has 1 aliphatic rings. The van der Waals surface area contributed by atoms with Crippen LogP contribution in [0.3, 0.4) is 0 Å². The highest BCUT2D eigenvalue weighted by molar-refractivity contribution is 6.59. The molecule has 0 aromatic rings. The second-order valence-corrected chi connectivity index (χ2v) is 7.26. The highest BCUT2D eigenvalue weighted by Crippen LogP contribution is 2.17. The fourth-order valence-corrected chi connectivity index (χ4v) is 3.41. The van der Waals surface area contributed by atoms with Gasteiger partial charge in [-0.25, -0.2) is 0 Å². The average Bonchev–Trinajstić information content (AvgIpc) is 2.36. The molecular weight excluding hydrogens is 222 g/mol. The topological polar surface area (TPSA) is 50.7 Å². The van der Waals surface area contributed by atoms with Gasteiger partial charge in [0.2, 0.25) is 0 Å². The van der Waals surface area contributed by atoms with Crippen LogP contribution in [0.4, 0.5) is 0 Å². The molecule has 0 unspecified atom stereocenters. The molecule has 16 heavy (non-hydrogen) atoms. The molecule has 0 atom stereocenters. The Balaban J connectivity index is 2.06. The van der Waals surface area contributed by atoms with Crippen LogP contribution >= 0.6 is 0 Å². The Bertz CT molecular complexity index is 182. The van der Waals surface area contributed by atoms with Gasteiger partial charge >= 0.3 is 8.80 Å². The maximum Gasteiger partial charge on any atom is 0.497 e. The molecule has 1 rings (SSSR count). The lowest BCUT2D eigenvalue weighted by atomic mass is 9.95. The lowest BCUT2D eigenvalue weighted by Crippen LogP contribution is -2.41. The third-order valence-corrected chi connectivity index (χ3v) is 5.61. The summed E-state index contributed by atoms with van der Waals surface area (Å²) in [5, 5.41) is 3.54. The highest BCUT2D eigenvalue weighted by atomic mass is 28.4. The summed E-state index contributed by atoms with van der Waals surface area (Å²) in [6.45, 7) is 0.951. The molecule has 1 fully saturated rings. The van der Waals surface area contributed by atoms with E-state index in [1.807, 2.05) is 0 Å². The Morgan fingerprint density at radius 1 is 1.19 bits per heavy atom. The zero-order chi connectivity index (χ0) is 11.9. The van der Waals surface area contributed by atoms with Crippen LogP contribution in [-0.2, 0) is 8.85 Å². The van der Waals surface area contributed by atoms with E-state index in [4.69, 9.17) is 8.85 Å². The molecule has 1 aliphatic carbocycles. The van der Waals surface area contributed by atoms with Gasteiger partial charge in [0.25, 0.3) is 0 Å². The first-order valence-electron chi connectivity index (χ1n) is 6.26. The van der Waals surface area contributed by atoms with E-state index in [9.17, 15) is 4.80 Å². The minimum Gasteiger partial charge on any atom is -0.390 e. The van der Waals surface area contributed by atoms with Crippen LogP contribution in [-0.4, -0.2) is 40.4 Å². The molecule has 2 N–H and O–H groups in total. The lowest BCUT2D eigenvalue weighted by molar-refractivity contribution is 0.150. The van der Waals surface area contributed by atoms with Gasteiger partial charge < -0.3 is 19.0 Å². The van der Waals surface area contributed by atoms with Crippen molar-refractivity contribution < 1.29 is 13.6 Å². The van der Waals surface area contributed by atoms with Crippen LogP contribution in [0.1, 0.15) is 38.5 Å². The van der Waals surface area contributed by atoms with E-state index >= 15 is 0 Å². The van der Waals surface area contributed by atoms with Gasteiger partial charge in [-0.05, 0) is 25.8 Å². The summed E-state index contributed by atoms with van der Waals surface area (Å²) in [6, 6.07) is 1.33. The number of nitrogens with one attached hydrogen (secondary N) is 1. The summed E-state index contributed by atoms with van der Waals surface area (Å²) in [5.74, 6) is 0. The molecule has 0 aliphatic heterocycles. The normalized spacial score (nSPS) is 18.9. The van der Waals surface area contributed by atoms with Gasteiger partial charge in [0, 0.05) is 26.3 Å². The van der Waals surface area contributed by atoms with Crippen molar-refractivity contribution in [2.45, 2.75) is 50.6 Å². The highest BCUT2D eigenvalue weighted by Gasteiger charge is 2.33. The average molecular weight is 247 g/mol. The maximum absolute atomic E-state index is 9.83. The summed E-state index contributed by atoms with van der Waals surface area (Å²) >= 11 is 0. The maximum atomic E-state index is 9.83. The summed E-state index contributed by atoms with van der Waals surface area (Å²) in [7, 11) is 0.212. The predicted molar refractivity (Wildman–Crippen MR) is 66.3 cm³/mol. The molecule has 1 saturated carbocycles. The third kappa shape index (κ3) is 4.93. The van der Waals surface area contributed by atoms with Crippen molar-refractivity contribution in [3.8, 4) is 0 Å². The molecular formula is C11H25NO3Si. The van der Waals surface area contributed by atoms with Crippen molar-refractivity contribution in [1.29, 1.82) is 0 Å². The van der Waals surface area contributed by atoms with Crippen molar-refractivity contribution in [3.63, 3.8) is 0 Å². The second kappa shape index (κ2) is 7.40. The lowest BCUT2D eigenvalue weighted by Gasteiger charge is -2.24. The Labute approximate surface area is 99.7 Å². The van der Waals surface area contributed by atoms with Gasteiger partial charge in [0.05, 0.1) is 0 Å². The molecule has 96 valence electrons. The van der Waals surface area contributed by atoms with Gasteiger partial charge in [-0.3, -0.25) is 0 Å². The predicted octanol–water partition coefficient (Wildman–Crippen LogP) is 1.52. The van der Waals surface area contributed by atoms with Crippen LogP contribution in [0.15, 0.2) is 0 Å². The van der Waals surface area contributed by atoms with Gasteiger partial charge in [0.1, 0.15) is 0 Å². The van der Waals surface area contributed by atoms with E-state index < -0.39 is 8.80 Å². The van der Waals surface area contributed by atoms with Crippen molar-refractivity contribution >= 4 is 8.80 Å². The zero-order valence-electron chi connectivity index (χ0n) is 10.5. The van der Waals surface area contributed by atoms with E-state index in [1.54, 1.807) is 0 Å². The van der Waals surface area contributed by atoms with Gasteiger partial charge in [-0.2, -0.15) is 0 Å². The van der Waals surface area contributed by atoms with Crippen molar-refractivity contribution in [3.05, 3.63) is 0 Å². The summed E-state index contributed by atoms with van der Waals surface area (Å²) in [4.78, 5) is 9.83. The number of hydrogen-bond donors (Lipinski definition) is 2. The largest absolute Gasteiger partial charge is 0.497 e. The van der Waals surface area contributed by atoms with Crippen LogP contribution < -0.4 is 5.32 Å². The minimum atomic E-state index is -2.82. The number of rotatable bonds is 7. The summed E-state index contributed by atoms with van der Waals surface area (Å²) in [6.07, 6.45) is 7.62. The van der Waals surface area contributed by atoms with E-state index in [2.05, 4.69) is 5.32 Å². The van der Waals surface area contributed by atoms with E-state index in [0.29, 0.717) is 12.1 Å². The van der Waals surface area contributed by atoms with Crippen molar-refractivity contribution in [2.24, 2.45) is 0 Å². The van der Waals surface area contributed by atoms with Gasteiger partial charge in [0.15, 0.2) is 0 Å². The monoisotopic (exact) mass is 247 g/mol. The molecule has 0 heterocycles. The smallest absolute Gasteiger partial charge is 0.390 e. The SMILES string of the molecule is CO[Si](O)(CCCNC1CCCCC1)OC. The molecule has 0 aromatic carbocycles. The molecule has 4 nitrogen and oxygen atoms in total. The van der Waals surface area contributed by atoms with Gasteiger partial charge in [-0.1, -0.05) is 19.3 Å². The third-order valence-electron chi connectivity index (χ3n) is 3.35. The molecule has 0 aromatic heterocycles. The Morgan fingerprint density at radius 2 is 1.81 bits per heavy atom. The second-order valence-electron chi connectivity index (χ2n) is 4.51. The summed E-state index contributed by atoms with van der Waals surface area (Å²) < 4.78 is 10.0. The molecule has 0 bridgehead atoms. The first kappa shape index (κ1) is 14.1. The Kier molecular flexibility index (Phi) is 6.53. The van der Waals surface area contributed by atoms with E-state index in [0.717, 1.165) is 13.0 Å². The summed E-state index contributed by atoms with van der Waals surface area (Å²) in [5.41, 5.74) is 0. The Morgan fingerprint density at radius 3 is 2.38 bits per heavy atom. The van der Waals surface area contributed by atoms with Crippen LogP contribution in [0.5, 0.6) is 0 Å². The minimum absolute atomic E-state index is 0.639. The molecule has 0 saturated heterocycles. The standard InChI is InChI=1S/C11H25NO3Si/c1-14-16(13,15-2)10-6-9-12-11-7-4-3-5-8-11/h11-13H,3-10H2,1-2H3. The van der Waals surface area contributed by atoms with Crippen LogP contribution in [0, 0.1) is 0 Å². The Hall–Kier alpha value is 0.0569. The first-order valence-corrected chi connectivity index (χ1v) is 8.23. The zero-order valence-corrected chi connectivity index (χ0v) is 11.5.